The van der Waals surface area contributed by atoms with Crippen LogP contribution >= 0.6 is 0 Å². The molecule has 1 aliphatic carbocycles. The molecule has 4 rings (SSSR count). The van der Waals surface area contributed by atoms with Crippen LogP contribution in [0.1, 0.15) is 12.0 Å². The van der Waals surface area contributed by atoms with Gasteiger partial charge in [-0.15, -0.1) is 33.7 Å². The third-order valence-electron chi connectivity index (χ3n) is 3.77. The molecule has 0 atom stereocenters. The van der Waals surface area contributed by atoms with Gasteiger partial charge in [0.2, 0.25) is 0 Å². The summed E-state index contributed by atoms with van der Waals surface area (Å²) in [5.41, 5.74) is 2.81. The molecule has 0 saturated carbocycles. The Bertz CT molecular complexity index is 812. The molecule has 106 valence electrons. The smallest absolute Gasteiger partial charge is 0 e. The number of allylic oxidation sites excluding steroid dienone is 4. The molecular weight excluding hydrogens is 648 g/mol. The maximum absolute atomic E-state index is 2.32. The molecule has 0 spiro atoms. The van der Waals surface area contributed by atoms with E-state index in [1.54, 1.807) is 0 Å². The molecule has 0 N–H and O–H groups in total. The summed E-state index contributed by atoms with van der Waals surface area (Å²) in [6, 6.07) is 17.6. The molecule has 0 radical (unpaired) electrons. The zero-order valence-corrected chi connectivity index (χ0v) is 19.2. The number of fused-ring (bicyclic) bond motifs is 3. The van der Waals surface area contributed by atoms with Gasteiger partial charge >= 0.3 is 0 Å². The fraction of sp³-hybridized carbons (Fsp3) is 0.0556. The molecule has 1 aliphatic rings. The summed E-state index contributed by atoms with van der Waals surface area (Å²) in [6.07, 6.45) is 7.65. The standard InChI is InChI=1S/C18H13.Hf.2HI/c1-2-7-13(6-1)15-10-5-11-17-16-9-4-3-8-14(16)12-18(15)17;;;/h1-6,8-12H,7H2;;2*1H/q-1;;;/p-2. The Balaban J connectivity index is 0.000000735. The van der Waals surface area contributed by atoms with Crippen molar-refractivity contribution in [2.45, 2.75) is 6.42 Å². The monoisotopic (exact) mass is 663 g/mol. The quantitative estimate of drug-likeness (QED) is 0.180. The molecule has 0 bridgehead atoms. The fourth-order valence-electron chi connectivity index (χ4n) is 2.91. The van der Waals surface area contributed by atoms with Crippen LogP contribution in [0.25, 0.3) is 27.1 Å². The van der Waals surface area contributed by atoms with Crippen LogP contribution in [0.4, 0.5) is 0 Å². The molecule has 0 aromatic heterocycles. The van der Waals surface area contributed by atoms with Crippen LogP contribution in [0.15, 0.2) is 66.8 Å². The molecule has 0 nitrogen and oxygen atoms in total. The van der Waals surface area contributed by atoms with Crippen LogP contribution in [0.5, 0.6) is 0 Å². The fourth-order valence-corrected chi connectivity index (χ4v) is 2.91. The van der Waals surface area contributed by atoms with Crippen molar-refractivity contribution in [1.82, 2.24) is 0 Å². The van der Waals surface area contributed by atoms with E-state index in [0.29, 0.717) is 0 Å². The van der Waals surface area contributed by atoms with Crippen molar-refractivity contribution >= 4 is 27.1 Å². The Morgan fingerprint density at radius 2 is 1.62 bits per heavy atom. The number of hydrogen-bond donors (Lipinski definition) is 0. The minimum atomic E-state index is 0. The minimum Gasteiger partial charge on any atom is -1.00 e. The molecule has 0 unspecified atom stereocenters. The van der Waals surface area contributed by atoms with Crippen molar-refractivity contribution in [2.75, 3.05) is 0 Å². The van der Waals surface area contributed by atoms with Crippen molar-refractivity contribution in [3.63, 3.8) is 0 Å². The van der Waals surface area contributed by atoms with Crippen molar-refractivity contribution in [3.05, 3.63) is 72.3 Å². The van der Waals surface area contributed by atoms with Gasteiger partial charge in [0.25, 0.3) is 0 Å². The largest absolute Gasteiger partial charge is 1.00 e. The Hall–Kier alpha value is 0.120. The molecule has 3 aromatic rings. The van der Waals surface area contributed by atoms with Gasteiger partial charge in [0.05, 0.1) is 0 Å². The Morgan fingerprint density at radius 3 is 2.38 bits per heavy atom. The first-order chi connectivity index (χ1) is 8.93. The number of rotatable bonds is 1. The van der Waals surface area contributed by atoms with Crippen molar-refractivity contribution in [1.29, 1.82) is 0 Å². The Kier molecular flexibility index (Phi) is 7.40. The first-order valence-corrected chi connectivity index (χ1v) is 6.37. The van der Waals surface area contributed by atoms with E-state index in [-0.39, 0.29) is 73.8 Å². The third kappa shape index (κ3) is 3.39. The van der Waals surface area contributed by atoms with E-state index in [0.717, 1.165) is 6.42 Å². The van der Waals surface area contributed by atoms with Crippen LogP contribution in [-0.2, 0) is 25.8 Å². The van der Waals surface area contributed by atoms with Gasteiger partial charge in [0, 0.05) is 25.8 Å². The molecule has 0 heterocycles. The number of benzene rings is 2. The molecule has 0 saturated heterocycles. The second kappa shape index (κ2) is 8.11. The van der Waals surface area contributed by atoms with Gasteiger partial charge in [-0.3, -0.25) is 0 Å². The van der Waals surface area contributed by atoms with E-state index in [2.05, 4.69) is 66.8 Å². The van der Waals surface area contributed by atoms with Gasteiger partial charge in [-0.2, -0.15) is 0 Å². The molecule has 0 aliphatic heterocycles. The minimum absolute atomic E-state index is 0. The van der Waals surface area contributed by atoms with Gasteiger partial charge in [0.1, 0.15) is 0 Å². The molecule has 0 fully saturated rings. The SMILES string of the molecule is C1=CCC(c2cccc3c2[cH-]c2ccccc23)=C1.[Hf].[I-].[I-]. The first kappa shape index (κ1) is 19.2. The summed E-state index contributed by atoms with van der Waals surface area (Å²) < 4.78 is 0. The maximum Gasteiger partial charge on any atom is 0 e. The van der Waals surface area contributed by atoms with Crippen LogP contribution < -0.4 is 48.0 Å². The average molecular weight is 662 g/mol. The van der Waals surface area contributed by atoms with E-state index in [1.165, 1.54) is 32.7 Å². The molecule has 21 heavy (non-hydrogen) atoms. The zero-order chi connectivity index (χ0) is 11.9. The third-order valence-corrected chi connectivity index (χ3v) is 3.77. The van der Waals surface area contributed by atoms with Crippen molar-refractivity contribution in [2.24, 2.45) is 0 Å². The Morgan fingerprint density at radius 1 is 0.857 bits per heavy atom. The molecule has 0 amide bonds. The van der Waals surface area contributed by atoms with Gasteiger partial charge in [-0.25, -0.2) is 0 Å². The van der Waals surface area contributed by atoms with Crippen molar-refractivity contribution < 1.29 is 73.8 Å². The predicted molar refractivity (Wildman–Crippen MR) is 78.8 cm³/mol. The normalized spacial score (nSPS) is 12.5. The molecular formula is C18H13HfI2-3. The average Bonchev–Trinajstić information content (AvgIpc) is 3.05. The van der Waals surface area contributed by atoms with E-state index < -0.39 is 0 Å². The topological polar surface area (TPSA) is 0 Å². The molecule has 3 heteroatoms. The predicted octanol–water partition coefficient (Wildman–Crippen LogP) is -0.939. The van der Waals surface area contributed by atoms with E-state index in [9.17, 15) is 0 Å². The molecule has 3 aromatic carbocycles. The summed E-state index contributed by atoms with van der Waals surface area (Å²) in [4.78, 5) is 0. The zero-order valence-electron chi connectivity index (χ0n) is 11.3. The summed E-state index contributed by atoms with van der Waals surface area (Å²) in [5.74, 6) is 0. The maximum atomic E-state index is 2.32. The van der Waals surface area contributed by atoms with E-state index in [4.69, 9.17) is 0 Å². The van der Waals surface area contributed by atoms with Crippen LogP contribution in [0, 0.1) is 0 Å². The summed E-state index contributed by atoms with van der Waals surface area (Å²) in [6.45, 7) is 0. The van der Waals surface area contributed by atoms with Gasteiger partial charge in [-0.05, 0) is 6.42 Å². The van der Waals surface area contributed by atoms with E-state index in [1.807, 2.05) is 0 Å². The second-order valence-electron chi connectivity index (χ2n) is 4.82. The van der Waals surface area contributed by atoms with Crippen LogP contribution in [0.3, 0.4) is 0 Å². The van der Waals surface area contributed by atoms with Crippen LogP contribution in [0.2, 0.25) is 0 Å². The first-order valence-electron chi connectivity index (χ1n) is 6.37. The summed E-state index contributed by atoms with van der Waals surface area (Å²) >= 11 is 0. The number of hydrogen-bond acceptors (Lipinski definition) is 0. The van der Waals surface area contributed by atoms with Crippen LogP contribution in [-0.4, -0.2) is 0 Å². The van der Waals surface area contributed by atoms with Gasteiger partial charge in [0.15, 0.2) is 0 Å². The van der Waals surface area contributed by atoms with Gasteiger partial charge in [-0.1, -0.05) is 65.8 Å². The summed E-state index contributed by atoms with van der Waals surface area (Å²) in [7, 11) is 0. The number of halogens is 2. The van der Waals surface area contributed by atoms with E-state index >= 15 is 0 Å². The van der Waals surface area contributed by atoms with Crippen molar-refractivity contribution in [3.8, 4) is 0 Å². The Labute approximate surface area is 177 Å². The second-order valence-corrected chi connectivity index (χ2v) is 4.82. The summed E-state index contributed by atoms with van der Waals surface area (Å²) in [5, 5.41) is 5.46. The van der Waals surface area contributed by atoms with Gasteiger partial charge < -0.3 is 48.0 Å².